The summed E-state index contributed by atoms with van der Waals surface area (Å²) < 4.78 is 3.41. The van der Waals surface area contributed by atoms with Crippen molar-refractivity contribution in [2.75, 3.05) is 11.1 Å². The molecule has 0 fully saturated rings. The van der Waals surface area contributed by atoms with E-state index in [1.807, 2.05) is 31.2 Å². The maximum atomic E-state index is 12.8. The van der Waals surface area contributed by atoms with E-state index >= 15 is 0 Å². The van der Waals surface area contributed by atoms with Crippen molar-refractivity contribution in [2.45, 2.75) is 18.2 Å². The number of nitrogens with zero attached hydrogens (tertiary/aromatic N) is 4. The van der Waals surface area contributed by atoms with Crippen LogP contribution >= 0.6 is 23.1 Å². The molecule has 1 amide bonds. The number of para-hydroxylation sites is 1. The van der Waals surface area contributed by atoms with Gasteiger partial charge in [-0.15, -0.1) is 11.8 Å². The van der Waals surface area contributed by atoms with E-state index in [2.05, 4.69) is 15.3 Å². The van der Waals surface area contributed by atoms with E-state index in [1.165, 1.54) is 34.7 Å². The third-order valence-electron chi connectivity index (χ3n) is 4.76. The van der Waals surface area contributed by atoms with Gasteiger partial charge in [-0.1, -0.05) is 30.4 Å². The number of aryl methyl sites for hydroxylation is 2. The van der Waals surface area contributed by atoms with Gasteiger partial charge in [-0.25, -0.2) is 14.8 Å². The predicted octanol–water partition coefficient (Wildman–Crippen LogP) is 2.54. The van der Waals surface area contributed by atoms with Crippen molar-refractivity contribution < 1.29 is 4.79 Å². The first-order valence-corrected chi connectivity index (χ1v) is 11.1. The molecule has 8 nitrogen and oxygen atoms in total. The molecule has 1 N–H and O–H groups in total. The summed E-state index contributed by atoms with van der Waals surface area (Å²) in [6.07, 6.45) is 2.31. The number of benzene rings is 1. The lowest BCUT2D eigenvalue weighted by molar-refractivity contribution is -0.113. The molecule has 0 aliphatic rings. The van der Waals surface area contributed by atoms with Gasteiger partial charge in [-0.2, -0.15) is 0 Å². The van der Waals surface area contributed by atoms with Gasteiger partial charge in [0.15, 0.2) is 5.13 Å². The second-order valence-corrected chi connectivity index (χ2v) is 8.71. The molecule has 4 aromatic rings. The Hall–Kier alpha value is -2.98. The van der Waals surface area contributed by atoms with E-state index in [9.17, 15) is 14.4 Å². The van der Waals surface area contributed by atoms with E-state index in [0.29, 0.717) is 27.5 Å². The minimum atomic E-state index is -0.436. The zero-order valence-electron chi connectivity index (χ0n) is 16.6. The van der Waals surface area contributed by atoms with Crippen LogP contribution in [0.4, 0.5) is 5.13 Å². The maximum Gasteiger partial charge on any atom is 0.332 e. The van der Waals surface area contributed by atoms with Crippen LogP contribution in [-0.4, -0.2) is 30.8 Å². The average molecular weight is 442 g/mol. The van der Waals surface area contributed by atoms with Crippen LogP contribution in [0.5, 0.6) is 0 Å². The van der Waals surface area contributed by atoms with Crippen molar-refractivity contribution in [3.05, 3.63) is 56.9 Å². The molecule has 30 heavy (non-hydrogen) atoms. The number of pyridine rings is 1. The first kappa shape index (κ1) is 20.3. The van der Waals surface area contributed by atoms with Crippen LogP contribution in [0, 0.1) is 0 Å². The molecule has 0 spiro atoms. The molecule has 0 aliphatic carbocycles. The molecule has 0 saturated heterocycles. The third kappa shape index (κ3) is 3.52. The summed E-state index contributed by atoms with van der Waals surface area (Å²) in [6.45, 7) is 1.96. The van der Waals surface area contributed by atoms with Crippen molar-refractivity contribution in [3.8, 4) is 0 Å². The Morgan fingerprint density at radius 2 is 1.97 bits per heavy atom. The SMILES string of the molecule is CCc1cnc2c(c1SCC(=O)Nc1nc3ccccc3s1)c(=O)n(C)c(=O)n2C. The molecule has 0 aliphatic heterocycles. The van der Waals surface area contributed by atoms with Crippen LogP contribution in [0.15, 0.2) is 44.9 Å². The molecule has 3 aromatic heterocycles. The maximum absolute atomic E-state index is 12.8. The highest BCUT2D eigenvalue weighted by Crippen LogP contribution is 2.29. The second kappa shape index (κ2) is 8.04. The fourth-order valence-corrected chi connectivity index (χ4v) is 5.11. The number of carbonyl (C=O) groups is 1. The topological polar surface area (TPSA) is 98.9 Å². The van der Waals surface area contributed by atoms with Crippen LogP contribution in [-0.2, 0) is 25.3 Å². The minimum absolute atomic E-state index is 0.105. The van der Waals surface area contributed by atoms with Crippen LogP contribution in [0.2, 0.25) is 0 Å². The second-order valence-electron chi connectivity index (χ2n) is 6.69. The number of anilines is 1. The smallest absolute Gasteiger partial charge is 0.301 e. The average Bonchev–Trinajstić information content (AvgIpc) is 3.16. The summed E-state index contributed by atoms with van der Waals surface area (Å²) >= 11 is 2.68. The number of rotatable bonds is 5. The van der Waals surface area contributed by atoms with Crippen molar-refractivity contribution in [1.82, 2.24) is 19.1 Å². The van der Waals surface area contributed by atoms with Crippen LogP contribution in [0.1, 0.15) is 12.5 Å². The van der Waals surface area contributed by atoms with E-state index < -0.39 is 11.2 Å². The largest absolute Gasteiger partial charge is 0.332 e. The Balaban J connectivity index is 1.65. The zero-order valence-corrected chi connectivity index (χ0v) is 18.3. The van der Waals surface area contributed by atoms with Gasteiger partial charge in [0.1, 0.15) is 5.65 Å². The fourth-order valence-electron chi connectivity index (χ4n) is 3.18. The minimum Gasteiger partial charge on any atom is -0.301 e. The Labute approximate surface area is 179 Å². The highest BCUT2D eigenvalue weighted by atomic mass is 32.2. The van der Waals surface area contributed by atoms with Crippen molar-refractivity contribution in [2.24, 2.45) is 14.1 Å². The molecule has 0 saturated carbocycles. The number of hydrogen-bond donors (Lipinski definition) is 1. The first-order chi connectivity index (χ1) is 14.4. The van der Waals surface area contributed by atoms with E-state index in [4.69, 9.17) is 0 Å². The van der Waals surface area contributed by atoms with Crippen molar-refractivity contribution in [3.63, 3.8) is 0 Å². The van der Waals surface area contributed by atoms with Crippen molar-refractivity contribution in [1.29, 1.82) is 0 Å². The number of nitrogens with one attached hydrogen (secondary N) is 1. The van der Waals surface area contributed by atoms with Gasteiger partial charge in [-0.3, -0.25) is 18.7 Å². The summed E-state index contributed by atoms with van der Waals surface area (Å²) in [4.78, 5) is 47.0. The Kier molecular flexibility index (Phi) is 5.44. The molecule has 0 atom stereocenters. The summed E-state index contributed by atoms with van der Waals surface area (Å²) in [5, 5.41) is 3.72. The van der Waals surface area contributed by atoms with Gasteiger partial charge >= 0.3 is 5.69 Å². The number of thioether (sulfide) groups is 1. The number of carbonyl (C=O) groups excluding carboxylic acids is 1. The molecule has 1 aromatic carbocycles. The zero-order chi connectivity index (χ0) is 21.4. The molecular weight excluding hydrogens is 422 g/mol. The molecule has 4 rings (SSSR count). The lowest BCUT2D eigenvalue weighted by Gasteiger charge is -2.13. The van der Waals surface area contributed by atoms with Crippen LogP contribution in [0.25, 0.3) is 21.3 Å². The van der Waals surface area contributed by atoms with Crippen LogP contribution < -0.4 is 16.6 Å². The normalized spacial score (nSPS) is 11.3. The number of fused-ring (bicyclic) bond motifs is 2. The molecular formula is C20H19N5O3S2. The Morgan fingerprint density at radius 1 is 1.20 bits per heavy atom. The van der Waals surface area contributed by atoms with E-state index in [1.54, 1.807) is 13.2 Å². The lowest BCUT2D eigenvalue weighted by atomic mass is 10.2. The van der Waals surface area contributed by atoms with Gasteiger partial charge in [0, 0.05) is 25.2 Å². The highest BCUT2D eigenvalue weighted by molar-refractivity contribution is 8.00. The monoisotopic (exact) mass is 441 g/mol. The molecule has 0 unspecified atom stereocenters. The standard InChI is InChI=1S/C20H19N5O3S2/c1-4-11-9-21-17-15(18(27)25(3)20(28)24(17)2)16(11)29-10-14(26)23-19-22-12-7-5-6-8-13(12)30-19/h5-9H,4,10H2,1-3H3,(H,22,23,26). The summed E-state index contributed by atoms with van der Waals surface area (Å²) in [6, 6.07) is 7.68. The number of thiazole rings is 1. The van der Waals surface area contributed by atoms with Crippen molar-refractivity contribution >= 4 is 55.4 Å². The third-order valence-corrected chi connectivity index (χ3v) is 6.88. The lowest BCUT2D eigenvalue weighted by Crippen LogP contribution is -2.37. The summed E-state index contributed by atoms with van der Waals surface area (Å²) in [5.74, 6) is -0.110. The Morgan fingerprint density at radius 3 is 2.70 bits per heavy atom. The van der Waals surface area contributed by atoms with Gasteiger partial charge in [-0.05, 0) is 24.1 Å². The van der Waals surface area contributed by atoms with Crippen LogP contribution in [0.3, 0.4) is 0 Å². The Bertz CT molecular complexity index is 1370. The number of hydrogen-bond acceptors (Lipinski definition) is 7. The molecule has 0 radical (unpaired) electrons. The van der Waals surface area contributed by atoms with E-state index in [0.717, 1.165) is 20.3 Å². The summed E-state index contributed by atoms with van der Waals surface area (Å²) in [7, 11) is 3.02. The summed E-state index contributed by atoms with van der Waals surface area (Å²) in [5.41, 5.74) is 1.16. The quantitative estimate of drug-likeness (QED) is 0.478. The first-order valence-electron chi connectivity index (χ1n) is 9.26. The predicted molar refractivity (Wildman–Crippen MR) is 121 cm³/mol. The van der Waals surface area contributed by atoms with Gasteiger partial charge in [0.25, 0.3) is 5.56 Å². The van der Waals surface area contributed by atoms with Gasteiger partial charge in [0.05, 0.1) is 21.4 Å². The van der Waals surface area contributed by atoms with Gasteiger partial charge < -0.3 is 5.32 Å². The van der Waals surface area contributed by atoms with E-state index in [-0.39, 0.29) is 11.7 Å². The highest BCUT2D eigenvalue weighted by Gasteiger charge is 2.18. The number of amides is 1. The molecule has 3 heterocycles. The fraction of sp³-hybridized carbons (Fsp3) is 0.250. The molecule has 10 heteroatoms. The molecule has 0 bridgehead atoms. The number of aromatic nitrogens is 4. The molecule has 154 valence electrons. The van der Waals surface area contributed by atoms with Gasteiger partial charge in [0.2, 0.25) is 5.91 Å².